The molecule has 0 aromatic rings. The predicted octanol–water partition coefficient (Wildman–Crippen LogP) is 9.74. The number of likely N-dealkylation sites (N-methyl/N-ethyl adjacent to an activating group) is 1. The monoisotopic (exact) mass is 457 g/mol. The van der Waals surface area contributed by atoms with Crippen LogP contribution < -0.4 is 0 Å². The third kappa shape index (κ3) is 9.21. The lowest BCUT2D eigenvalue weighted by Crippen LogP contribution is -2.15. The number of hydrogen-bond donors (Lipinski definition) is 0. The summed E-state index contributed by atoms with van der Waals surface area (Å²) in [7, 11) is 2.12. The van der Waals surface area contributed by atoms with Gasteiger partial charge in [-0.15, -0.1) is 0 Å². The van der Waals surface area contributed by atoms with Gasteiger partial charge in [0.05, 0.1) is 0 Å². The van der Waals surface area contributed by atoms with E-state index in [0.29, 0.717) is 0 Å². The van der Waals surface area contributed by atoms with E-state index in [0.717, 1.165) is 43.4 Å². The molecule has 0 unspecified atom stereocenters. The van der Waals surface area contributed by atoms with Gasteiger partial charge >= 0.3 is 0 Å². The molecule has 0 amide bonds. The summed E-state index contributed by atoms with van der Waals surface area (Å²) < 4.78 is 0. The Morgan fingerprint density at radius 3 is 2.38 bits per heavy atom. The molecule has 1 heterocycles. The van der Waals surface area contributed by atoms with Crippen LogP contribution in [0, 0.1) is 0 Å². The first-order chi connectivity index (χ1) is 16.2. The van der Waals surface area contributed by atoms with Crippen LogP contribution >= 0.6 is 0 Å². The molecule has 1 aliphatic heterocycles. The van der Waals surface area contributed by atoms with Gasteiger partial charge in [0.25, 0.3) is 0 Å². The first-order valence-electron chi connectivity index (χ1n) is 12.7. The summed E-state index contributed by atoms with van der Waals surface area (Å²) in [6, 6.07) is 0. The summed E-state index contributed by atoms with van der Waals surface area (Å²) in [4.78, 5) is 2.22. The molecule has 0 atom stereocenters. The maximum absolute atomic E-state index is 4.55. The van der Waals surface area contributed by atoms with Gasteiger partial charge in [-0.1, -0.05) is 92.3 Å². The number of nitrogens with zero attached hydrogens (tertiary/aromatic N) is 1. The second-order valence-electron chi connectivity index (χ2n) is 9.27. The van der Waals surface area contributed by atoms with Gasteiger partial charge < -0.3 is 4.90 Å². The summed E-state index contributed by atoms with van der Waals surface area (Å²) in [5, 5.41) is 0. The van der Waals surface area contributed by atoms with E-state index in [1.807, 2.05) is 0 Å². The molecule has 0 aromatic heterocycles. The van der Waals surface area contributed by atoms with Crippen molar-refractivity contribution in [1.82, 2.24) is 4.90 Å². The van der Waals surface area contributed by atoms with Crippen molar-refractivity contribution < 1.29 is 0 Å². The zero-order valence-corrected chi connectivity index (χ0v) is 23.1. The van der Waals surface area contributed by atoms with E-state index in [9.17, 15) is 0 Å². The summed E-state index contributed by atoms with van der Waals surface area (Å²) in [5.74, 6) is 0. The van der Waals surface area contributed by atoms with Gasteiger partial charge in [-0.25, -0.2) is 0 Å². The summed E-state index contributed by atoms with van der Waals surface area (Å²) >= 11 is 0. The molecule has 0 bridgehead atoms. The molecule has 34 heavy (non-hydrogen) atoms. The fraction of sp³-hybridized carbons (Fsp3) is 0.394. The molecular formula is C33H47N. The molecule has 0 aliphatic carbocycles. The molecule has 0 N–H and O–H groups in total. The predicted molar refractivity (Wildman–Crippen MR) is 155 cm³/mol. The Balaban J connectivity index is 3.34. The normalized spacial score (nSPS) is 16.7. The number of allylic oxidation sites excluding steroid dienone is 16. The molecule has 0 radical (unpaired) electrons. The van der Waals surface area contributed by atoms with Crippen LogP contribution in [0.4, 0.5) is 0 Å². The third-order valence-electron chi connectivity index (χ3n) is 6.16. The molecule has 0 saturated heterocycles. The molecule has 1 heteroatoms. The van der Waals surface area contributed by atoms with Crippen LogP contribution in [-0.2, 0) is 0 Å². The molecule has 0 spiro atoms. The SMILES string of the molecule is C=C(\C(C)=C/C(=C\C)C(/C(=C)C)=C(\C)CC)/C(=C\CC/C(C)=C/C=C\CC)C1=CN(C)CC=C1. The minimum Gasteiger partial charge on any atom is -0.376 e. The first-order valence-corrected chi connectivity index (χ1v) is 12.7. The van der Waals surface area contributed by atoms with E-state index in [4.69, 9.17) is 0 Å². The van der Waals surface area contributed by atoms with Gasteiger partial charge in [0.2, 0.25) is 0 Å². The van der Waals surface area contributed by atoms with Gasteiger partial charge in [0.15, 0.2) is 0 Å². The zero-order chi connectivity index (χ0) is 25.7. The van der Waals surface area contributed by atoms with E-state index in [2.05, 4.69) is 128 Å². The third-order valence-corrected chi connectivity index (χ3v) is 6.16. The quantitative estimate of drug-likeness (QED) is 0.264. The van der Waals surface area contributed by atoms with Gasteiger partial charge in [-0.05, 0) is 93.7 Å². The molecule has 0 fully saturated rings. The van der Waals surface area contributed by atoms with Crippen molar-refractivity contribution in [3.8, 4) is 0 Å². The van der Waals surface area contributed by atoms with Crippen molar-refractivity contribution in [3.05, 3.63) is 118 Å². The van der Waals surface area contributed by atoms with Crippen LogP contribution in [0.25, 0.3) is 0 Å². The van der Waals surface area contributed by atoms with Crippen LogP contribution in [0.15, 0.2) is 118 Å². The van der Waals surface area contributed by atoms with Crippen LogP contribution in [0.5, 0.6) is 0 Å². The molecule has 184 valence electrons. The highest BCUT2D eigenvalue weighted by Crippen LogP contribution is 2.31. The van der Waals surface area contributed by atoms with Crippen LogP contribution in [-0.4, -0.2) is 18.5 Å². The standard InChI is InChI=1S/C33H47N/c1-11-14-15-18-26(6)19-16-21-32(31-20-17-22-34(10)24-31)29(9)28(8)23-30(13-3)33(25(4)5)27(7)12-2/h13-15,17-18,20-21,23-24H,4,9,11-12,16,19,22H2,1-3,5-8,10H3/b15-14-,26-18+,28-23-,30-13+,32-21+,33-27+. The van der Waals surface area contributed by atoms with E-state index < -0.39 is 0 Å². The molecule has 1 aliphatic rings. The van der Waals surface area contributed by atoms with Crippen LogP contribution in [0.1, 0.15) is 74.1 Å². The van der Waals surface area contributed by atoms with Crippen molar-refractivity contribution in [2.75, 3.05) is 13.6 Å². The Morgan fingerprint density at radius 2 is 1.82 bits per heavy atom. The fourth-order valence-corrected chi connectivity index (χ4v) is 4.02. The second kappa shape index (κ2) is 15.2. The van der Waals surface area contributed by atoms with Crippen LogP contribution in [0.2, 0.25) is 0 Å². The molecule has 1 rings (SSSR count). The highest BCUT2D eigenvalue weighted by molar-refractivity contribution is 5.61. The van der Waals surface area contributed by atoms with Gasteiger partial charge in [0, 0.05) is 19.8 Å². The number of hydrogen-bond acceptors (Lipinski definition) is 1. The van der Waals surface area contributed by atoms with E-state index >= 15 is 0 Å². The lowest BCUT2D eigenvalue weighted by atomic mass is 9.88. The smallest absolute Gasteiger partial charge is 0.0354 e. The first kappa shape index (κ1) is 29.2. The minimum absolute atomic E-state index is 0.940. The summed E-state index contributed by atoms with van der Waals surface area (Å²) in [6.45, 7) is 24.9. The lowest BCUT2D eigenvalue weighted by Gasteiger charge is -2.22. The largest absolute Gasteiger partial charge is 0.376 e. The van der Waals surface area contributed by atoms with Crippen molar-refractivity contribution >= 4 is 0 Å². The lowest BCUT2D eigenvalue weighted by molar-refractivity contribution is 0.501. The average Bonchev–Trinajstić information content (AvgIpc) is 2.80. The maximum Gasteiger partial charge on any atom is 0.0354 e. The second-order valence-corrected chi connectivity index (χ2v) is 9.27. The highest BCUT2D eigenvalue weighted by atomic mass is 15.1. The molecule has 1 nitrogen and oxygen atoms in total. The zero-order valence-electron chi connectivity index (χ0n) is 23.1. The highest BCUT2D eigenvalue weighted by Gasteiger charge is 2.14. The van der Waals surface area contributed by atoms with Gasteiger partial charge in [0.1, 0.15) is 0 Å². The van der Waals surface area contributed by atoms with Crippen molar-refractivity contribution in [2.45, 2.75) is 74.1 Å². The van der Waals surface area contributed by atoms with E-state index in [1.165, 1.54) is 39.0 Å². The minimum atomic E-state index is 0.940. The summed E-state index contributed by atoms with van der Waals surface area (Å²) in [5.41, 5.74) is 11.1. The van der Waals surface area contributed by atoms with Crippen LogP contribution in [0.3, 0.4) is 0 Å². The van der Waals surface area contributed by atoms with E-state index in [1.54, 1.807) is 0 Å². The van der Waals surface area contributed by atoms with E-state index in [-0.39, 0.29) is 0 Å². The van der Waals surface area contributed by atoms with Crippen molar-refractivity contribution in [3.63, 3.8) is 0 Å². The fourth-order valence-electron chi connectivity index (χ4n) is 4.02. The van der Waals surface area contributed by atoms with Crippen molar-refractivity contribution in [1.29, 1.82) is 0 Å². The maximum atomic E-state index is 4.55. The molecule has 0 saturated carbocycles. The Labute approximate surface area is 210 Å². The van der Waals surface area contributed by atoms with Gasteiger partial charge in [-0.3, -0.25) is 0 Å². The van der Waals surface area contributed by atoms with Gasteiger partial charge in [-0.2, -0.15) is 0 Å². The topological polar surface area (TPSA) is 3.24 Å². The molecular weight excluding hydrogens is 410 g/mol. The Kier molecular flexibility index (Phi) is 13.0. The number of rotatable bonds is 12. The van der Waals surface area contributed by atoms with Crippen molar-refractivity contribution in [2.24, 2.45) is 0 Å². The average molecular weight is 458 g/mol. The summed E-state index contributed by atoms with van der Waals surface area (Å²) in [6.07, 6.45) is 24.2. The Bertz CT molecular complexity index is 980. The molecule has 0 aromatic carbocycles. The Morgan fingerprint density at radius 1 is 1.12 bits per heavy atom. The Hall–Kier alpha value is -2.80.